The first-order valence-electron chi connectivity index (χ1n) is 14.6. The van der Waals surface area contributed by atoms with Crippen LogP contribution in [0.5, 0.6) is 5.75 Å². The van der Waals surface area contributed by atoms with Crippen LogP contribution >= 0.6 is 11.3 Å². The lowest BCUT2D eigenvalue weighted by Crippen LogP contribution is -3.00. The molecule has 0 aliphatic rings. The van der Waals surface area contributed by atoms with Crippen LogP contribution in [0.25, 0.3) is 0 Å². The number of amides is 1. The molecule has 0 aliphatic carbocycles. The van der Waals surface area contributed by atoms with Gasteiger partial charge in [-0.15, -0.1) is 0 Å². The second-order valence-corrected chi connectivity index (χ2v) is 11.5. The van der Waals surface area contributed by atoms with Crippen molar-refractivity contribution in [1.82, 2.24) is 0 Å². The SMILES string of the molecule is CCCCCCCCCCCCOc1cccc(CCN(C(C)=O)c2ccc(C[n+]3csc(C)c3)cc2)c1.[Br-]. The Bertz CT molecular complexity index is 1080. The molecule has 2 aromatic carbocycles. The standard InChI is InChI=1S/C33H47N2O2S.BrH/c1-4-5-6-7-8-9-10-11-12-13-23-37-33-16-14-15-30(24-33)21-22-35(29(3)36)32-19-17-31(18-20-32)26-34-25-28(2)38-27-34;/h14-20,24-25,27H,4-13,21-23,26H2,1-3H3;1H/q+1;/p-1. The summed E-state index contributed by atoms with van der Waals surface area (Å²) in [6, 6.07) is 16.7. The molecular formula is C33H47BrN2O2S. The maximum atomic E-state index is 12.4. The molecule has 0 atom stereocenters. The zero-order chi connectivity index (χ0) is 27.0. The number of halogens is 1. The van der Waals surface area contributed by atoms with Gasteiger partial charge in [0.05, 0.1) is 11.5 Å². The van der Waals surface area contributed by atoms with Gasteiger partial charge in [-0.2, -0.15) is 4.57 Å². The molecule has 4 nitrogen and oxygen atoms in total. The highest BCUT2D eigenvalue weighted by atomic mass is 79.9. The van der Waals surface area contributed by atoms with Crippen LogP contribution in [-0.4, -0.2) is 19.1 Å². The van der Waals surface area contributed by atoms with Crippen LogP contribution in [0.3, 0.4) is 0 Å². The van der Waals surface area contributed by atoms with E-state index in [4.69, 9.17) is 4.74 Å². The Balaban J connectivity index is 0.00000533. The lowest BCUT2D eigenvalue weighted by atomic mass is 10.1. The number of carbonyl (C=O) groups excluding carboxylic acids is 1. The average Bonchev–Trinajstić information content (AvgIpc) is 3.32. The van der Waals surface area contributed by atoms with E-state index in [1.165, 1.54) is 73.8 Å². The third-order valence-corrected chi connectivity index (χ3v) is 7.86. The Morgan fingerprint density at radius 3 is 2.18 bits per heavy atom. The predicted octanol–water partition coefficient (Wildman–Crippen LogP) is 5.29. The topological polar surface area (TPSA) is 33.4 Å². The lowest BCUT2D eigenvalue weighted by molar-refractivity contribution is -0.683. The molecule has 0 saturated carbocycles. The number of anilines is 1. The molecule has 0 bridgehead atoms. The summed E-state index contributed by atoms with van der Waals surface area (Å²) in [5, 5.41) is 0. The summed E-state index contributed by atoms with van der Waals surface area (Å²) < 4.78 is 8.24. The van der Waals surface area contributed by atoms with Gasteiger partial charge in [-0.05, 0) is 49.6 Å². The van der Waals surface area contributed by atoms with Gasteiger partial charge in [-0.25, -0.2) is 0 Å². The third-order valence-electron chi connectivity index (χ3n) is 7.00. The third kappa shape index (κ3) is 12.7. The number of benzene rings is 2. The summed E-state index contributed by atoms with van der Waals surface area (Å²) in [5.74, 6) is 0.993. The number of rotatable bonds is 18. The van der Waals surface area contributed by atoms with Crippen molar-refractivity contribution in [3.63, 3.8) is 0 Å². The van der Waals surface area contributed by atoms with Gasteiger partial charge in [0, 0.05) is 24.7 Å². The second kappa shape index (κ2) is 19.0. The molecule has 1 aromatic heterocycles. The minimum Gasteiger partial charge on any atom is -1.00 e. The molecule has 39 heavy (non-hydrogen) atoms. The van der Waals surface area contributed by atoms with Crippen molar-refractivity contribution in [3.05, 3.63) is 76.2 Å². The molecular weight excluding hydrogens is 568 g/mol. The van der Waals surface area contributed by atoms with Gasteiger partial charge < -0.3 is 26.6 Å². The van der Waals surface area contributed by atoms with E-state index in [2.05, 4.69) is 72.6 Å². The molecule has 0 N–H and O–H groups in total. The van der Waals surface area contributed by atoms with Crippen LogP contribution in [0, 0.1) is 6.92 Å². The average molecular weight is 616 g/mol. The van der Waals surface area contributed by atoms with Gasteiger partial charge in [-0.3, -0.25) is 4.79 Å². The van der Waals surface area contributed by atoms with Crippen molar-refractivity contribution < 1.29 is 31.1 Å². The van der Waals surface area contributed by atoms with Crippen LogP contribution in [0.1, 0.15) is 94.1 Å². The van der Waals surface area contributed by atoms with E-state index in [-0.39, 0.29) is 22.9 Å². The molecule has 0 fully saturated rings. The number of hydrogen-bond donors (Lipinski definition) is 0. The van der Waals surface area contributed by atoms with Crippen molar-refractivity contribution in [2.75, 3.05) is 18.1 Å². The van der Waals surface area contributed by atoms with E-state index in [0.29, 0.717) is 6.54 Å². The summed E-state index contributed by atoms with van der Waals surface area (Å²) in [7, 11) is 0. The summed E-state index contributed by atoms with van der Waals surface area (Å²) >= 11 is 1.75. The number of nitrogens with zero attached hydrogens (tertiary/aromatic N) is 2. The number of thiazole rings is 1. The number of ether oxygens (including phenoxy) is 1. The van der Waals surface area contributed by atoms with Crippen LogP contribution in [0.4, 0.5) is 5.69 Å². The van der Waals surface area contributed by atoms with Crippen LogP contribution in [0.2, 0.25) is 0 Å². The number of aryl methyl sites for hydroxylation is 1. The Morgan fingerprint density at radius 2 is 1.56 bits per heavy atom. The first-order valence-corrected chi connectivity index (χ1v) is 15.5. The maximum Gasteiger partial charge on any atom is 0.225 e. The van der Waals surface area contributed by atoms with Crippen molar-refractivity contribution in [1.29, 1.82) is 0 Å². The van der Waals surface area contributed by atoms with E-state index < -0.39 is 0 Å². The van der Waals surface area contributed by atoms with E-state index >= 15 is 0 Å². The maximum absolute atomic E-state index is 12.4. The molecule has 0 unspecified atom stereocenters. The summed E-state index contributed by atoms with van der Waals surface area (Å²) in [4.78, 5) is 15.6. The van der Waals surface area contributed by atoms with E-state index in [9.17, 15) is 4.79 Å². The quantitative estimate of drug-likeness (QED) is 0.144. The van der Waals surface area contributed by atoms with Gasteiger partial charge in [0.1, 0.15) is 5.75 Å². The van der Waals surface area contributed by atoms with Crippen molar-refractivity contribution >= 4 is 22.9 Å². The Labute approximate surface area is 251 Å². The Hall–Kier alpha value is -2.18. The molecule has 1 amide bonds. The van der Waals surface area contributed by atoms with E-state index in [1.54, 1.807) is 18.3 Å². The predicted molar refractivity (Wildman–Crippen MR) is 160 cm³/mol. The minimum atomic E-state index is 0. The van der Waals surface area contributed by atoms with Gasteiger partial charge in [0.2, 0.25) is 11.4 Å². The fraction of sp³-hybridized carbons (Fsp3) is 0.515. The summed E-state index contributed by atoms with van der Waals surface area (Å²) in [6.45, 7) is 8.30. The fourth-order valence-electron chi connectivity index (χ4n) is 4.80. The summed E-state index contributed by atoms with van der Waals surface area (Å²) in [6.07, 6.45) is 16.3. The van der Waals surface area contributed by atoms with Crippen molar-refractivity contribution in [2.24, 2.45) is 0 Å². The highest BCUT2D eigenvalue weighted by molar-refractivity contribution is 7.09. The largest absolute Gasteiger partial charge is 1.00 e. The van der Waals surface area contributed by atoms with Crippen LogP contribution < -0.4 is 31.2 Å². The number of unbranched alkanes of at least 4 members (excludes halogenated alkanes) is 9. The number of hydrogen-bond acceptors (Lipinski definition) is 3. The van der Waals surface area contributed by atoms with Crippen molar-refractivity contribution in [2.45, 2.75) is 97.9 Å². The highest BCUT2D eigenvalue weighted by Crippen LogP contribution is 2.19. The molecule has 3 rings (SSSR count). The lowest BCUT2D eigenvalue weighted by Gasteiger charge is -2.21. The first-order chi connectivity index (χ1) is 18.5. The second-order valence-electron chi connectivity index (χ2n) is 10.4. The summed E-state index contributed by atoms with van der Waals surface area (Å²) in [5.41, 5.74) is 5.51. The molecule has 3 aromatic rings. The molecule has 0 spiro atoms. The van der Waals surface area contributed by atoms with Gasteiger partial charge in [-0.1, -0.05) is 100 Å². The highest BCUT2D eigenvalue weighted by Gasteiger charge is 2.13. The van der Waals surface area contributed by atoms with Gasteiger partial charge in [0.15, 0.2) is 12.7 Å². The molecule has 0 saturated heterocycles. The molecule has 214 valence electrons. The van der Waals surface area contributed by atoms with Gasteiger partial charge >= 0.3 is 0 Å². The number of carbonyl (C=O) groups is 1. The van der Waals surface area contributed by atoms with Crippen LogP contribution in [0.15, 0.2) is 60.2 Å². The van der Waals surface area contributed by atoms with E-state index in [0.717, 1.165) is 37.4 Å². The monoisotopic (exact) mass is 614 g/mol. The molecule has 1 heterocycles. The molecule has 0 radical (unpaired) electrons. The fourth-order valence-corrected chi connectivity index (χ4v) is 5.43. The zero-order valence-electron chi connectivity index (χ0n) is 24.2. The zero-order valence-corrected chi connectivity index (χ0v) is 26.6. The molecule has 0 aliphatic heterocycles. The van der Waals surface area contributed by atoms with Crippen LogP contribution in [-0.2, 0) is 17.8 Å². The number of aromatic nitrogens is 1. The first kappa shape index (κ1) is 33.0. The van der Waals surface area contributed by atoms with Crippen molar-refractivity contribution in [3.8, 4) is 5.75 Å². The Kier molecular flexibility index (Phi) is 16.1. The smallest absolute Gasteiger partial charge is 0.225 e. The molecule has 6 heteroatoms. The van der Waals surface area contributed by atoms with Gasteiger partial charge in [0.25, 0.3) is 0 Å². The van der Waals surface area contributed by atoms with E-state index in [1.807, 2.05) is 11.0 Å². The Morgan fingerprint density at radius 1 is 0.897 bits per heavy atom. The minimum absolute atomic E-state index is 0. The normalized spacial score (nSPS) is 10.7.